The van der Waals surface area contributed by atoms with Gasteiger partial charge in [-0.25, -0.2) is 12.8 Å². The molecule has 0 unspecified atom stereocenters. The number of hydrogen-bond donors (Lipinski definition) is 1. The maximum Gasteiger partial charge on any atom is 0.417 e. The van der Waals surface area contributed by atoms with Crippen LogP contribution in [0, 0.1) is 11.7 Å². The van der Waals surface area contributed by atoms with Gasteiger partial charge in [0.15, 0.2) is 0 Å². The third-order valence-corrected chi connectivity index (χ3v) is 5.95. The Morgan fingerprint density at radius 3 is 2.57 bits per heavy atom. The minimum absolute atomic E-state index is 0.0642. The van der Waals surface area contributed by atoms with Crippen molar-refractivity contribution in [3.05, 3.63) is 29.6 Å². The maximum atomic E-state index is 13.2. The molecule has 1 aromatic carbocycles. The molecule has 2 rings (SSSR count). The number of alkyl halides is 3. The first kappa shape index (κ1) is 18.2. The molecule has 1 aliphatic heterocycles. The van der Waals surface area contributed by atoms with Gasteiger partial charge in [-0.3, -0.25) is 0 Å². The van der Waals surface area contributed by atoms with Gasteiger partial charge < -0.3 is 5.73 Å². The first-order chi connectivity index (χ1) is 10.5. The summed E-state index contributed by atoms with van der Waals surface area (Å²) in [6.45, 7) is 1.93. The number of nitrogens with two attached hydrogens (primary N) is 1. The molecular weight excluding hydrogens is 336 g/mol. The summed E-state index contributed by atoms with van der Waals surface area (Å²) >= 11 is 0. The summed E-state index contributed by atoms with van der Waals surface area (Å²) in [6.07, 6.45) is -3.71. The molecule has 0 bridgehead atoms. The maximum absolute atomic E-state index is 13.2. The lowest BCUT2D eigenvalue weighted by atomic mass is 9.93. The third kappa shape index (κ3) is 3.84. The van der Waals surface area contributed by atoms with Gasteiger partial charge in [-0.2, -0.15) is 17.5 Å². The first-order valence-electron chi connectivity index (χ1n) is 7.16. The van der Waals surface area contributed by atoms with Gasteiger partial charge in [0.1, 0.15) is 5.82 Å². The third-order valence-electron chi connectivity index (χ3n) is 4.03. The Bertz CT molecular complexity index is 674. The second-order valence-corrected chi connectivity index (χ2v) is 7.67. The summed E-state index contributed by atoms with van der Waals surface area (Å²) in [5.41, 5.74) is 4.29. The molecule has 1 aromatic rings. The van der Waals surface area contributed by atoms with E-state index in [9.17, 15) is 26.0 Å². The summed E-state index contributed by atoms with van der Waals surface area (Å²) in [4.78, 5) is -0.920. The van der Waals surface area contributed by atoms with Crippen LogP contribution < -0.4 is 5.73 Å². The van der Waals surface area contributed by atoms with Crippen molar-refractivity contribution >= 4 is 10.0 Å². The fourth-order valence-corrected chi connectivity index (χ4v) is 4.44. The SMILES string of the molecule is C[C@@H](N)[C@@H]1CCCN(S(=O)(=O)c2ccc(F)cc2C(F)(F)F)C1. The van der Waals surface area contributed by atoms with Gasteiger partial charge in [-0.15, -0.1) is 0 Å². The van der Waals surface area contributed by atoms with Crippen molar-refractivity contribution in [3.8, 4) is 0 Å². The van der Waals surface area contributed by atoms with Crippen molar-refractivity contribution in [3.63, 3.8) is 0 Å². The Kier molecular flexibility index (Phi) is 5.03. The predicted octanol–water partition coefficient (Wildman–Crippen LogP) is 2.59. The second kappa shape index (κ2) is 6.37. The largest absolute Gasteiger partial charge is 0.417 e. The van der Waals surface area contributed by atoms with Crippen molar-refractivity contribution in [1.82, 2.24) is 4.31 Å². The Balaban J connectivity index is 2.44. The van der Waals surface area contributed by atoms with E-state index in [0.29, 0.717) is 12.5 Å². The fraction of sp³-hybridized carbons (Fsp3) is 0.571. The number of rotatable bonds is 3. The van der Waals surface area contributed by atoms with Crippen molar-refractivity contribution in [2.45, 2.75) is 36.9 Å². The molecule has 0 amide bonds. The van der Waals surface area contributed by atoms with E-state index >= 15 is 0 Å². The zero-order valence-electron chi connectivity index (χ0n) is 12.5. The minimum atomic E-state index is -4.96. The number of piperidine rings is 1. The number of halogens is 4. The second-order valence-electron chi connectivity index (χ2n) is 5.76. The van der Waals surface area contributed by atoms with Gasteiger partial charge in [0.25, 0.3) is 0 Å². The molecular formula is C14H18F4N2O2S. The van der Waals surface area contributed by atoms with Crippen LogP contribution in [0.3, 0.4) is 0 Å². The quantitative estimate of drug-likeness (QED) is 0.849. The van der Waals surface area contributed by atoms with Crippen LogP contribution in [0.4, 0.5) is 17.6 Å². The molecule has 4 nitrogen and oxygen atoms in total. The highest BCUT2D eigenvalue weighted by Gasteiger charge is 2.40. The van der Waals surface area contributed by atoms with Crippen LogP contribution in [-0.4, -0.2) is 31.9 Å². The average Bonchev–Trinajstić information content (AvgIpc) is 2.46. The topological polar surface area (TPSA) is 63.4 Å². The predicted molar refractivity (Wildman–Crippen MR) is 76.5 cm³/mol. The van der Waals surface area contributed by atoms with Crippen molar-refractivity contribution in [2.24, 2.45) is 11.7 Å². The van der Waals surface area contributed by atoms with Crippen LogP contribution in [0.1, 0.15) is 25.3 Å². The van der Waals surface area contributed by atoms with Crippen LogP contribution in [-0.2, 0) is 16.2 Å². The molecule has 2 N–H and O–H groups in total. The Morgan fingerprint density at radius 2 is 2.00 bits per heavy atom. The molecule has 1 saturated heterocycles. The van der Waals surface area contributed by atoms with E-state index in [-0.39, 0.29) is 31.1 Å². The lowest BCUT2D eigenvalue weighted by molar-refractivity contribution is -0.140. The van der Waals surface area contributed by atoms with Crippen LogP contribution >= 0.6 is 0 Å². The van der Waals surface area contributed by atoms with Gasteiger partial charge in [0.05, 0.1) is 10.5 Å². The highest BCUT2D eigenvalue weighted by Crippen LogP contribution is 2.36. The van der Waals surface area contributed by atoms with E-state index in [2.05, 4.69) is 0 Å². The van der Waals surface area contributed by atoms with Gasteiger partial charge in [0.2, 0.25) is 10.0 Å². The lowest BCUT2D eigenvalue weighted by Crippen LogP contribution is -2.45. The summed E-state index contributed by atoms with van der Waals surface area (Å²) in [6, 6.07) is 1.33. The fourth-order valence-electron chi connectivity index (χ4n) is 2.71. The molecule has 0 aliphatic carbocycles. The summed E-state index contributed by atoms with van der Waals surface area (Å²) < 4.78 is 78.5. The monoisotopic (exact) mass is 354 g/mol. The Labute approximate surface area is 132 Å². The van der Waals surface area contributed by atoms with E-state index in [1.807, 2.05) is 0 Å². The number of sulfonamides is 1. The molecule has 130 valence electrons. The molecule has 0 aromatic heterocycles. The summed E-state index contributed by atoms with van der Waals surface area (Å²) in [7, 11) is -4.37. The van der Waals surface area contributed by atoms with Crippen LogP contribution in [0.25, 0.3) is 0 Å². The smallest absolute Gasteiger partial charge is 0.328 e. The first-order valence-corrected chi connectivity index (χ1v) is 8.60. The van der Waals surface area contributed by atoms with E-state index in [4.69, 9.17) is 5.73 Å². The zero-order valence-corrected chi connectivity index (χ0v) is 13.3. The van der Waals surface area contributed by atoms with Crippen LogP contribution in [0.15, 0.2) is 23.1 Å². The molecule has 9 heteroatoms. The van der Waals surface area contributed by atoms with Crippen molar-refractivity contribution in [1.29, 1.82) is 0 Å². The van der Waals surface area contributed by atoms with E-state index in [1.165, 1.54) is 0 Å². The number of benzene rings is 1. The van der Waals surface area contributed by atoms with Crippen molar-refractivity contribution < 1.29 is 26.0 Å². The van der Waals surface area contributed by atoms with Gasteiger partial charge in [0, 0.05) is 19.1 Å². The Hall–Kier alpha value is -1.19. The molecule has 0 saturated carbocycles. The summed E-state index contributed by atoms with van der Waals surface area (Å²) in [5.74, 6) is -1.25. The zero-order chi connectivity index (χ0) is 17.4. The minimum Gasteiger partial charge on any atom is -0.328 e. The lowest BCUT2D eigenvalue weighted by Gasteiger charge is -2.34. The van der Waals surface area contributed by atoms with Gasteiger partial charge >= 0.3 is 6.18 Å². The molecule has 1 heterocycles. The molecule has 1 aliphatic rings. The van der Waals surface area contributed by atoms with Crippen molar-refractivity contribution in [2.75, 3.05) is 13.1 Å². The van der Waals surface area contributed by atoms with Crippen LogP contribution in [0.5, 0.6) is 0 Å². The normalized spacial score (nSPS) is 22.1. The molecule has 23 heavy (non-hydrogen) atoms. The number of nitrogens with zero attached hydrogens (tertiary/aromatic N) is 1. The highest BCUT2D eigenvalue weighted by molar-refractivity contribution is 7.89. The highest BCUT2D eigenvalue weighted by atomic mass is 32.2. The van der Waals surface area contributed by atoms with Crippen LogP contribution in [0.2, 0.25) is 0 Å². The Morgan fingerprint density at radius 1 is 1.35 bits per heavy atom. The van der Waals surface area contributed by atoms with Gasteiger partial charge in [-0.05, 0) is 43.9 Å². The molecule has 2 atom stereocenters. The van der Waals surface area contributed by atoms with E-state index in [0.717, 1.165) is 16.8 Å². The standard InChI is InChI=1S/C14H18F4N2O2S/c1-9(19)10-3-2-6-20(8-10)23(21,22)13-5-4-11(15)7-12(13)14(16,17)18/h4-5,7,9-10H,2-3,6,8,19H2,1H3/t9-,10-/m1/s1. The van der Waals surface area contributed by atoms with Gasteiger partial charge in [-0.1, -0.05) is 0 Å². The molecule has 0 radical (unpaired) electrons. The molecule has 1 fully saturated rings. The summed E-state index contributed by atoms with van der Waals surface area (Å²) in [5, 5.41) is 0. The molecule has 0 spiro atoms. The van der Waals surface area contributed by atoms with E-state index < -0.39 is 32.5 Å². The van der Waals surface area contributed by atoms with E-state index in [1.54, 1.807) is 6.92 Å². The number of hydrogen-bond acceptors (Lipinski definition) is 3. The average molecular weight is 354 g/mol.